The number of benzene rings is 4. The molecule has 0 unspecified atom stereocenters. The highest BCUT2D eigenvalue weighted by Crippen LogP contribution is 2.25. The molecular formula is C31H30N4O6. The van der Waals surface area contributed by atoms with Gasteiger partial charge in [0, 0.05) is 42.2 Å². The largest absolute Gasteiger partial charge is 0.494 e. The van der Waals surface area contributed by atoms with Crippen LogP contribution in [0.5, 0.6) is 17.2 Å². The summed E-state index contributed by atoms with van der Waals surface area (Å²) in [6, 6.07) is 28.7. The van der Waals surface area contributed by atoms with E-state index in [0.717, 1.165) is 0 Å². The third-order valence-electron chi connectivity index (χ3n) is 5.97. The molecule has 0 aromatic heterocycles. The van der Waals surface area contributed by atoms with Crippen molar-refractivity contribution < 1.29 is 24.0 Å². The van der Waals surface area contributed by atoms with Crippen LogP contribution < -0.4 is 25.0 Å². The van der Waals surface area contributed by atoms with Crippen LogP contribution in [-0.4, -0.2) is 36.6 Å². The Morgan fingerprint density at radius 1 is 0.829 bits per heavy atom. The van der Waals surface area contributed by atoms with Crippen LogP contribution in [0.25, 0.3) is 0 Å². The minimum atomic E-state index is -0.519. The van der Waals surface area contributed by atoms with Crippen LogP contribution in [-0.2, 0) is 0 Å². The summed E-state index contributed by atoms with van der Waals surface area (Å²) in [6.45, 7) is 3.04. The van der Waals surface area contributed by atoms with Gasteiger partial charge in [-0.2, -0.15) is 0 Å². The molecule has 0 aliphatic heterocycles. The molecule has 0 saturated carbocycles. The number of ether oxygens (including phenoxy) is 2. The van der Waals surface area contributed by atoms with Gasteiger partial charge in [0.15, 0.2) is 0 Å². The van der Waals surface area contributed by atoms with E-state index in [1.807, 2.05) is 37.3 Å². The fourth-order valence-corrected chi connectivity index (χ4v) is 3.93. The van der Waals surface area contributed by atoms with E-state index in [2.05, 4.69) is 10.6 Å². The van der Waals surface area contributed by atoms with Crippen LogP contribution in [0.2, 0.25) is 0 Å². The highest BCUT2D eigenvalue weighted by Gasteiger charge is 2.17. The van der Waals surface area contributed by atoms with Gasteiger partial charge in [0.1, 0.15) is 17.2 Å². The number of non-ortho nitro benzene ring substituents is 1. The summed E-state index contributed by atoms with van der Waals surface area (Å²) in [5.41, 5.74) is 1.49. The number of nitro benzene ring substituents is 1. The zero-order valence-corrected chi connectivity index (χ0v) is 22.5. The number of carbonyl (C=O) groups excluding carboxylic acids is 2. The molecule has 0 fully saturated rings. The zero-order valence-electron chi connectivity index (χ0n) is 22.5. The molecule has 41 heavy (non-hydrogen) atoms. The summed E-state index contributed by atoms with van der Waals surface area (Å²) in [6.07, 6.45) is 0.456. The van der Waals surface area contributed by atoms with Crippen LogP contribution in [0.15, 0.2) is 103 Å². The summed E-state index contributed by atoms with van der Waals surface area (Å²) in [7, 11) is 0. The van der Waals surface area contributed by atoms with Gasteiger partial charge in [0.25, 0.3) is 11.6 Å². The lowest BCUT2D eigenvalue weighted by molar-refractivity contribution is -0.384. The lowest BCUT2D eigenvalue weighted by Gasteiger charge is -2.24. The second-order valence-corrected chi connectivity index (χ2v) is 8.86. The monoisotopic (exact) mass is 554 g/mol. The summed E-state index contributed by atoms with van der Waals surface area (Å²) < 4.78 is 11.3. The van der Waals surface area contributed by atoms with Gasteiger partial charge in [-0.1, -0.05) is 18.2 Å². The van der Waals surface area contributed by atoms with Gasteiger partial charge in [-0.25, -0.2) is 4.79 Å². The first-order valence-electron chi connectivity index (χ1n) is 13.1. The standard InChI is InChI=1S/C31H30N4O6/c1-2-40-27-17-11-24(12-18-27)33-31(37)34(25-15-19-29(20-16-25)41-28-7-4-3-5-8-28)22-6-21-32-30(36)23-9-13-26(14-10-23)35(38)39/h3-5,7-20H,2,6,21-22H2,1H3,(H,32,36)(H,33,37). The Labute approximate surface area is 237 Å². The van der Waals surface area contributed by atoms with E-state index in [9.17, 15) is 19.7 Å². The molecule has 0 atom stereocenters. The molecule has 4 rings (SSSR count). The first-order valence-corrected chi connectivity index (χ1v) is 13.1. The lowest BCUT2D eigenvalue weighted by atomic mass is 10.2. The Morgan fingerprint density at radius 2 is 1.46 bits per heavy atom. The predicted octanol–water partition coefficient (Wildman–Crippen LogP) is 6.64. The molecule has 0 radical (unpaired) electrons. The van der Waals surface area contributed by atoms with E-state index in [1.165, 1.54) is 24.3 Å². The van der Waals surface area contributed by atoms with Crippen molar-refractivity contribution in [2.75, 3.05) is 29.9 Å². The molecule has 2 N–H and O–H groups in total. The van der Waals surface area contributed by atoms with Crippen LogP contribution >= 0.6 is 0 Å². The Morgan fingerprint density at radius 3 is 2.10 bits per heavy atom. The van der Waals surface area contributed by atoms with E-state index < -0.39 is 4.92 Å². The first kappa shape index (κ1) is 28.6. The molecule has 0 aliphatic rings. The lowest BCUT2D eigenvalue weighted by Crippen LogP contribution is -2.37. The first-order chi connectivity index (χ1) is 19.9. The van der Waals surface area contributed by atoms with E-state index in [0.29, 0.717) is 53.8 Å². The molecule has 10 heteroatoms. The molecule has 210 valence electrons. The molecule has 0 spiro atoms. The number of urea groups is 1. The number of nitro groups is 1. The van der Waals surface area contributed by atoms with Crippen molar-refractivity contribution in [3.63, 3.8) is 0 Å². The van der Waals surface area contributed by atoms with Gasteiger partial charge in [-0.3, -0.25) is 19.8 Å². The summed E-state index contributed by atoms with van der Waals surface area (Å²) in [5, 5.41) is 16.6. The number of nitrogens with zero attached hydrogens (tertiary/aromatic N) is 2. The average Bonchev–Trinajstić information content (AvgIpc) is 2.99. The van der Waals surface area contributed by atoms with Gasteiger partial charge in [0.05, 0.1) is 11.5 Å². The fraction of sp³-hybridized carbons (Fsp3) is 0.161. The van der Waals surface area contributed by atoms with E-state index in [-0.39, 0.29) is 24.2 Å². The summed E-state index contributed by atoms with van der Waals surface area (Å²) in [4.78, 5) is 37.7. The average molecular weight is 555 g/mol. The van der Waals surface area contributed by atoms with Crippen LogP contribution in [0.1, 0.15) is 23.7 Å². The zero-order chi connectivity index (χ0) is 29.0. The van der Waals surface area contributed by atoms with Crippen molar-refractivity contribution in [1.29, 1.82) is 0 Å². The highest BCUT2D eigenvalue weighted by molar-refractivity contribution is 6.01. The second kappa shape index (κ2) is 14.1. The van der Waals surface area contributed by atoms with Crippen molar-refractivity contribution >= 4 is 29.0 Å². The third kappa shape index (κ3) is 8.30. The third-order valence-corrected chi connectivity index (χ3v) is 5.97. The number of hydrogen-bond acceptors (Lipinski definition) is 6. The predicted molar refractivity (Wildman–Crippen MR) is 157 cm³/mol. The minimum absolute atomic E-state index is 0.0871. The Bertz CT molecular complexity index is 1440. The van der Waals surface area contributed by atoms with Gasteiger partial charge in [0.2, 0.25) is 0 Å². The normalized spacial score (nSPS) is 10.4. The molecule has 10 nitrogen and oxygen atoms in total. The Kier molecular flexibility index (Phi) is 9.87. The number of rotatable bonds is 12. The second-order valence-electron chi connectivity index (χ2n) is 8.86. The van der Waals surface area contributed by atoms with Crippen LogP contribution in [0, 0.1) is 10.1 Å². The maximum absolute atomic E-state index is 13.3. The highest BCUT2D eigenvalue weighted by atomic mass is 16.6. The fourth-order valence-electron chi connectivity index (χ4n) is 3.93. The van der Waals surface area contributed by atoms with E-state index in [1.54, 1.807) is 53.4 Å². The van der Waals surface area contributed by atoms with Crippen molar-refractivity contribution in [3.8, 4) is 17.2 Å². The van der Waals surface area contributed by atoms with Crippen LogP contribution in [0.4, 0.5) is 21.9 Å². The number of anilines is 2. The topological polar surface area (TPSA) is 123 Å². The SMILES string of the molecule is CCOc1ccc(NC(=O)N(CCCNC(=O)c2ccc([N+](=O)[O-])cc2)c2ccc(Oc3ccccc3)cc2)cc1. The van der Waals surface area contributed by atoms with Crippen molar-refractivity contribution in [2.45, 2.75) is 13.3 Å². The molecule has 0 bridgehead atoms. The Balaban J connectivity index is 1.41. The number of amides is 3. The number of carbonyl (C=O) groups is 2. The molecule has 0 aliphatic carbocycles. The van der Waals surface area contributed by atoms with E-state index >= 15 is 0 Å². The number of para-hydroxylation sites is 1. The summed E-state index contributed by atoms with van der Waals surface area (Å²) >= 11 is 0. The molecule has 3 amide bonds. The number of nitrogens with one attached hydrogen (secondary N) is 2. The molecule has 4 aromatic carbocycles. The molecular weight excluding hydrogens is 524 g/mol. The Hall–Kier alpha value is -5.38. The van der Waals surface area contributed by atoms with Gasteiger partial charge >= 0.3 is 6.03 Å². The quantitative estimate of drug-likeness (QED) is 0.115. The maximum Gasteiger partial charge on any atom is 0.326 e. The van der Waals surface area contributed by atoms with Gasteiger partial charge < -0.3 is 20.1 Å². The molecule has 0 heterocycles. The molecule has 4 aromatic rings. The number of hydrogen-bond donors (Lipinski definition) is 2. The molecule has 0 saturated heterocycles. The van der Waals surface area contributed by atoms with E-state index in [4.69, 9.17) is 9.47 Å². The van der Waals surface area contributed by atoms with Crippen molar-refractivity contribution in [1.82, 2.24) is 5.32 Å². The van der Waals surface area contributed by atoms with Crippen molar-refractivity contribution in [2.24, 2.45) is 0 Å². The minimum Gasteiger partial charge on any atom is -0.494 e. The smallest absolute Gasteiger partial charge is 0.326 e. The van der Waals surface area contributed by atoms with Crippen molar-refractivity contribution in [3.05, 3.63) is 119 Å². The summed E-state index contributed by atoms with van der Waals surface area (Å²) in [5.74, 6) is 1.68. The van der Waals surface area contributed by atoms with Gasteiger partial charge in [-0.05, 0) is 86.1 Å². The van der Waals surface area contributed by atoms with Crippen LogP contribution in [0.3, 0.4) is 0 Å². The van der Waals surface area contributed by atoms with Gasteiger partial charge in [-0.15, -0.1) is 0 Å². The maximum atomic E-state index is 13.3.